The maximum absolute atomic E-state index is 12.8. The van der Waals surface area contributed by atoms with Gasteiger partial charge in [-0.1, -0.05) is 66.7 Å². The SMILES string of the molecule is O=S(=O)(c1ccccc1)c1ccccc1Cc1ccccc1. The van der Waals surface area contributed by atoms with E-state index in [2.05, 4.69) is 0 Å². The van der Waals surface area contributed by atoms with Crippen LogP contribution in [0.2, 0.25) is 0 Å². The van der Waals surface area contributed by atoms with Crippen molar-refractivity contribution in [1.82, 2.24) is 0 Å². The highest BCUT2D eigenvalue weighted by Crippen LogP contribution is 2.25. The van der Waals surface area contributed by atoms with Crippen LogP contribution in [0.3, 0.4) is 0 Å². The molecule has 0 radical (unpaired) electrons. The van der Waals surface area contributed by atoms with Gasteiger partial charge in [0.25, 0.3) is 0 Å². The smallest absolute Gasteiger partial charge is 0.206 e. The first kappa shape index (κ1) is 14.5. The Labute approximate surface area is 131 Å². The fourth-order valence-corrected chi connectivity index (χ4v) is 3.97. The van der Waals surface area contributed by atoms with Gasteiger partial charge in [-0.2, -0.15) is 0 Å². The average molecular weight is 308 g/mol. The standard InChI is InChI=1S/C19H16O2S/c20-22(21,18-12-5-2-6-13-18)19-14-8-7-11-17(19)15-16-9-3-1-4-10-16/h1-14H,15H2. The molecule has 3 aromatic carbocycles. The van der Waals surface area contributed by atoms with Crippen LogP contribution in [0.4, 0.5) is 0 Å². The lowest BCUT2D eigenvalue weighted by atomic mass is 10.1. The zero-order valence-electron chi connectivity index (χ0n) is 12.0. The molecule has 0 aliphatic carbocycles. The lowest BCUT2D eigenvalue weighted by Crippen LogP contribution is -2.06. The molecule has 0 amide bonds. The van der Waals surface area contributed by atoms with E-state index in [1.165, 1.54) is 0 Å². The topological polar surface area (TPSA) is 34.1 Å². The van der Waals surface area contributed by atoms with Crippen LogP contribution in [-0.4, -0.2) is 8.42 Å². The molecule has 0 aliphatic rings. The summed E-state index contributed by atoms with van der Waals surface area (Å²) in [5.41, 5.74) is 1.91. The first-order valence-corrected chi connectivity index (χ1v) is 8.58. The molecule has 3 heteroatoms. The quantitative estimate of drug-likeness (QED) is 0.727. The average Bonchev–Trinajstić information content (AvgIpc) is 2.57. The van der Waals surface area contributed by atoms with Gasteiger partial charge in [-0.3, -0.25) is 0 Å². The molecular formula is C19H16O2S. The van der Waals surface area contributed by atoms with Crippen LogP contribution in [0.15, 0.2) is 94.7 Å². The van der Waals surface area contributed by atoms with Gasteiger partial charge in [0, 0.05) is 0 Å². The number of sulfone groups is 1. The summed E-state index contributed by atoms with van der Waals surface area (Å²) in [5, 5.41) is 0. The third kappa shape index (κ3) is 2.95. The maximum atomic E-state index is 12.8. The Hall–Kier alpha value is -2.39. The second kappa shape index (κ2) is 6.16. The summed E-state index contributed by atoms with van der Waals surface area (Å²) < 4.78 is 25.7. The Bertz CT molecular complexity index is 854. The highest BCUT2D eigenvalue weighted by atomic mass is 32.2. The number of benzene rings is 3. The summed E-state index contributed by atoms with van der Waals surface area (Å²) >= 11 is 0. The van der Waals surface area contributed by atoms with Crippen molar-refractivity contribution in [2.45, 2.75) is 16.2 Å². The summed E-state index contributed by atoms with van der Waals surface area (Å²) in [5.74, 6) is 0. The maximum Gasteiger partial charge on any atom is 0.206 e. The fourth-order valence-electron chi connectivity index (χ4n) is 2.45. The van der Waals surface area contributed by atoms with E-state index in [0.717, 1.165) is 11.1 Å². The molecule has 0 saturated carbocycles. The van der Waals surface area contributed by atoms with Gasteiger partial charge >= 0.3 is 0 Å². The van der Waals surface area contributed by atoms with Crippen molar-refractivity contribution >= 4 is 9.84 Å². The normalized spacial score (nSPS) is 11.3. The summed E-state index contributed by atoms with van der Waals surface area (Å²) in [6.07, 6.45) is 0.600. The second-order valence-corrected chi connectivity index (χ2v) is 7.00. The summed E-state index contributed by atoms with van der Waals surface area (Å²) in [7, 11) is -3.49. The Morgan fingerprint density at radius 1 is 0.636 bits per heavy atom. The van der Waals surface area contributed by atoms with E-state index in [-0.39, 0.29) is 0 Å². The van der Waals surface area contributed by atoms with Crippen LogP contribution >= 0.6 is 0 Å². The van der Waals surface area contributed by atoms with E-state index in [1.807, 2.05) is 48.5 Å². The van der Waals surface area contributed by atoms with Gasteiger partial charge in [0.1, 0.15) is 0 Å². The lowest BCUT2D eigenvalue weighted by molar-refractivity contribution is 0.595. The van der Waals surface area contributed by atoms with Gasteiger partial charge in [-0.05, 0) is 35.7 Å². The van der Waals surface area contributed by atoms with Gasteiger partial charge in [0.05, 0.1) is 9.79 Å². The van der Waals surface area contributed by atoms with Crippen molar-refractivity contribution in [2.75, 3.05) is 0 Å². The van der Waals surface area contributed by atoms with Crippen LogP contribution in [0.25, 0.3) is 0 Å². The minimum absolute atomic E-state index is 0.329. The molecule has 3 rings (SSSR count). The molecular weight excluding hydrogens is 292 g/mol. The van der Waals surface area contributed by atoms with Gasteiger partial charge < -0.3 is 0 Å². The van der Waals surface area contributed by atoms with Crippen molar-refractivity contribution in [3.8, 4) is 0 Å². The van der Waals surface area contributed by atoms with Crippen molar-refractivity contribution < 1.29 is 8.42 Å². The largest absolute Gasteiger partial charge is 0.219 e. The van der Waals surface area contributed by atoms with Crippen LogP contribution < -0.4 is 0 Å². The minimum Gasteiger partial charge on any atom is -0.219 e. The van der Waals surface area contributed by atoms with Crippen LogP contribution in [0, 0.1) is 0 Å². The van der Waals surface area contributed by atoms with E-state index in [0.29, 0.717) is 16.2 Å². The number of rotatable bonds is 4. The Morgan fingerprint density at radius 2 is 1.18 bits per heavy atom. The molecule has 0 aromatic heterocycles. The van der Waals surface area contributed by atoms with Crippen molar-refractivity contribution in [3.63, 3.8) is 0 Å². The minimum atomic E-state index is -3.49. The van der Waals surface area contributed by atoms with Gasteiger partial charge in [-0.25, -0.2) is 8.42 Å². The lowest BCUT2D eigenvalue weighted by Gasteiger charge is -2.10. The molecule has 0 saturated heterocycles. The van der Waals surface area contributed by atoms with Gasteiger partial charge in [-0.15, -0.1) is 0 Å². The Kier molecular flexibility index (Phi) is 4.07. The summed E-state index contributed by atoms with van der Waals surface area (Å²) in [6, 6.07) is 25.7. The second-order valence-electron chi connectivity index (χ2n) is 5.09. The molecule has 0 fully saturated rings. The summed E-state index contributed by atoms with van der Waals surface area (Å²) in [4.78, 5) is 0.709. The highest BCUT2D eigenvalue weighted by Gasteiger charge is 2.20. The van der Waals surface area contributed by atoms with Crippen LogP contribution in [-0.2, 0) is 16.3 Å². The van der Waals surface area contributed by atoms with Gasteiger partial charge in [0.15, 0.2) is 0 Å². The van der Waals surface area contributed by atoms with Crippen molar-refractivity contribution in [1.29, 1.82) is 0 Å². The monoisotopic (exact) mass is 308 g/mol. The molecule has 0 heterocycles. The molecule has 0 spiro atoms. The van der Waals surface area contributed by atoms with E-state index in [4.69, 9.17) is 0 Å². The number of hydrogen-bond acceptors (Lipinski definition) is 2. The molecule has 0 atom stereocenters. The fraction of sp³-hybridized carbons (Fsp3) is 0.0526. The Morgan fingerprint density at radius 3 is 1.86 bits per heavy atom. The molecule has 110 valence electrons. The third-order valence-corrected chi connectivity index (χ3v) is 5.42. The molecule has 0 unspecified atom stereocenters. The zero-order chi connectivity index (χ0) is 15.4. The first-order valence-electron chi connectivity index (χ1n) is 7.10. The number of hydrogen-bond donors (Lipinski definition) is 0. The molecule has 0 bridgehead atoms. The van der Waals surface area contributed by atoms with Crippen molar-refractivity contribution in [3.05, 3.63) is 96.1 Å². The predicted molar refractivity (Wildman–Crippen MR) is 87.6 cm³/mol. The van der Waals surface area contributed by atoms with Crippen LogP contribution in [0.5, 0.6) is 0 Å². The highest BCUT2D eigenvalue weighted by molar-refractivity contribution is 7.91. The summed E-state index contributed by atoms with van der Waals surface area (Å²) in [6.45, 7) is 0. The molecule has 3 aromatic rings. The van der Waals surface area contributed by atoms with E-state index in [1.54, 1.807) is 36.4 Å². The van der Waals surface area contributed by atoms with E-state index in [9.17, 15) is 8.42 Å². The molecule has 0 aliphatic heterocycles. The van der Waals surface area contributed by atoms with E-state index < -0.39 is 9.84 Å². The van der Waals surface area contributed by atoms with Gasteiger partial charge in [0.2, 0.25) is 9.84 Å². The van der Waals surface area contributed by atoms with E-state index >= 15 is 0 Å². The molecule has 22 heavy (non-hydrogen) atoms. The molecule has 0 N–H and O–H groups in total. The predicted octanol–water partition coefficient (Wildman–Crippen LogP) is 4.11. The first-order chi connectivity index (χ1) is 10.7. The van der Waals surface area contributed by atoms with Crippen LogP contribution in [0.1, 0.15) is 11.1 Å². The Balaban J connectivity index is 2.05. The zero-order valence-corrected chi connectivity index (χ0v) is 12.8. The van der Waals surface area contributed by atoms with Crippen molar-refractivity contribution in [2.24, 2.45) is 0 Å². The third-order valence-electron chi connectivity index (χ3n) is 3.55. The molecule has 2 nitrogen and oxygen atoms in total.